The van der Waals surface area contributed by atoms with Gasteiger partial charge in [0.05, 0.1) is 10.2 Å². The van der Waals surface area contributed by atoms with Crippen molar-refractivity contribution in [2.45, 2.75) is 6.10 Å². The third-order valence-electron chi connectivity index (χ3n) is 3.67. The maximum Gasteiger partial charge on any atom is 0.331 e. The molecule has 1 heterocycles. The summed E-state index contributed by atoms with van der Waals surface area (Å²) in [7, 11) is 3.26. The topological polar surface area (TPSA) is 59.5 Å². The number of para-hydroxylation sites is 1. The molecule has 3 rings (SSSR count). The minimum atomic E-state index is -0.973. The number of carbonyl (C=O) groups excluding carboxylic acids is 2. The number of likely N-dealkylation sites (N-methyl/N-ethyl adjacent to an activating group) is 1. The number of aromatic nitrogens is 1. The van der Waals surface area contributed by atoms with Crippen LogP contribution in [0.3, 0.4) is 0 Å². The zero-order valence-electron chi connectivity index (χ0n) is 14.5. The zero-order chi connectivity index (χ0) is 18.5. The molecular weight excluding hydrogens is 348 g/mol. The van der Waals surface area contributed by atoms with E-state index in [1.54, 1.807) is 44.4 Å². The number of amides is 1. The van der Waals surface area contributed by atoms with E-state index in [9.17, 15) is 9.59 Å². The number of hydrogen-bond donors (Lipinski definition) is 0. The summed E-state index contributed by atoms with van der Waals surface area (Å²) >= 11 is 1.48. The summed E-state index contributed by atoms with van der Waals surface area (Å²) in [4.78, 5) is 30.5. The van der Waals surface area contributed by atoms with Gasteiger partial charge in [-0.1, -0.05) is 42.5 Å². The van der Waals surface area contributed by atoms with Crippen molar-refractivity contribution in [3.63, 3.8) is 0 Å². The van der Waals surface area contributed by atoms with Gasteiger partial charge < -0.3 is 9.64 Å². The highest BCUT2D eigenvalue weighted by molar-refractivity contribution is 7.19. The summed E-state index contributed by atoms with van der Waals surface area (Å²) in [5.41, 5.74) is 1.52. The van der Waals surface area contributed by atoms with Crippen LogP contribution < -0.4 is 0 Å². The number of fused-ring (bicyclic) bond motifs is 1. The fourth-order valence-corrected chi connectivity index (χ4v) is 3.25. The van der Waals surface area contributed by atoms with Crippen LogP contribution in [0.1, 0.15) is 16.7 Å². The van der Waals surface area contributed by atoms with Crippen molar-refractivity contribution in [1.82, 2.24) is 9.88 Å². The average Bonchev–Trinajstić information content (AvgIpc) is 3.07. The Kier molecular flexibility index (Phi) is 5.43. The fourth-order valence-electron chi connectivity index (χ4n) is 2.38. The lowest BCUT2D eigenvalue weighted by atomic mass is 10.1. The first-order chi connectivity index (χ1) is 12.5. The lowest BCUT2D eigenvalue weighted by molar-refractivity contribution is -0.155. The van der Waals surface area contributed by atoms with Gasteiger partial charge in [-0.25, -0.2) is 9.78 Å². The van der Waals surface area contributed by atoms with Crippen molar-refractivity contribution in [3.05, 3.63) is 71.2 Å². The summed E-state index contributed by atoms with van der Waals surface area (Å²) in [5.74, 6) is -0.883. The monoisotopic (exact) mass is 366 g/mol. The number of rotatable bonds is 5. The van der Waals surface area contributed by atoms with E-state index < -0.39 is 12.1 Å². The van der Waals surface area contributed by atoms with E-state index >= 15 is 0 Å². The van der Waals surface area contributed by atoms with Gasteiger partial charge in [0.25, 0.3) is 5.91 Å². The van der Waals surface area contributed by atoms with E-state index in [4.69, 9.17) is 4.74 Å². The highest BCUT2D eigenvalue weighted by Gasteiger charge is 2.25. The van der Waals surface area contributed by atoms with Crippen LogP contribution in [0.2, 0.25) is 0 Å². The molecule has 0 bridgehead atoms. The van der Waals surface area contributed by atoms with Crippen LogP contribution in [0.25, 0.3) is 16.3 Å². The van der Waals surface area contributed by atoms with Crippen molar-refractivity contribution in [1.29, 1.82) is 0 Å². The number of benzene rings is 2. The molecule has 0 spiro atoms. The lowest BCUT2D eigenvalue weighted by Crippen LogP contribution is -2.30. The molecule has 26 heavy (non-hydrogen) atoms. The normalized spacial score (nSPS) is 12.2. The second kappa shape index (κ2) is 7.93. The molecule has 0 N–H and O–H groups in total. The molecule has 6 heteroatoms. The number of hydrogen-bond acceptors (Lipinski definition) is 5. The number of thiazole rings is 1. The molecule has 0 radical (unpaired) electrons. The Morgan fingerprint density at radius 3 is 2.46 bits per heavy atom. The SMILES string of the molecule is CN(C)C(=O)[C@H](OC(=O)/C=C/c1nc2ccccc2s1)c1ccccc1. The summed E-state index contributed by atoms with van der Waals surface area (Å²) in [5, 5.41) is 0.707. The second-order valence-electron chi connectivity index (χ2n) is 5.81. The molecule has 1 amide bonds. The first kappa shape index (κ1) is 17.8. The second-order valence-corrected chi connectivity index (χ2v) is 6.88. The van der Waals surface area contributed by atoms with Crippen molar-refractivity contribution >= 4 is 39.5 Å². The molecule has 0 unspecified atom stereocenters. The van der Waals surface area contributed by atoms with Gasteiger partial charge in [-0.05, 0) is 18.2 Å². The first-order valence-corrected chi connectivity index (χ1v) is 8.86. The first-order valence-electron chi connectivity index (χ1n) is 8.05. The van der Waals surface area contributed by atoms with Gasteiger partial charge in [-0.3, -0.25) is 4.79 Å². The van der Waals surface area contributed by atoms with Crippen LogP contribution >= 0.6 is 11.3 Å². The van der Waals surface area contributed by atoms with Gasteiger partial charge in [0.2, 0.25) is 6.10 Å². The predicted octanol–water partition coefficient (Wildman–Crippen LogP) is 3.68. The average molecular weight is 366 g/mol. The lowest BCUT2D eigenvalue weighted by Gasteiger charge is -2.20. The van der Waals surface area contributed by atoms with Crippen molar-refractivity contribution in [2.24, 2.45) is 0 Å². The van der Waals surface area contributed by atoms with Crippen LogP contribution in [-0.4, -0.2) is 35.9 Å². The molecule has 0 saturated carbocycles. The van der Waals surface area contributed by atoms with E-state index in [1.807, 2.05) is 30.3 Å². The van der Waals surface area contributed by atoms with Gasteiger partial charge in [0.15, 0.2) is 0 Å². The Morgan fingerprint density at radius 2 is 1.77 bits per heavy atom. The van der Waals surface area contributed by atoms with Crippen LogP contribution in [0.5, 0.6) is 0 Å². The number of esters is 1. The maximum absolute atomic E-state index is 12.4. The van der Waals surface area contributed by atoms with Crippen LogP contribution in [0, 0.1) is 0 Å². The highest BCUT2D eigenvalue weighted by atomic mass is 32.1. The Morgan fingerprint density at radius 1 is 1.08 bits per heavy atom. The van der Waals surface area contributed by atoms with E-state index in [-0.39, 0.29) is 5.91 Å². The van der Waals surface area contributed by atoms with Gasteiger partial charge >= 0.3 is 5.97 Å². The molecule has 0 aliphatic heterocycles. The summed E-state index contributed by atoms with van der Waals surface area (Å²) in [6.45, 7) is 0. The molecule has 1 atom stereocenters. The highest BCUT2D eigenvalue weighted by Crippen LogP contribution is 2.23. The van der Waals surface area contributed by atoms with Crippen molar-refractivity contribution in [3.8, 4) is 0 Å². The van der Waals surface area contributed by atoms with E-state index in [1.165, 1.54) is 22.3 Å². The Labute approximate surface area is 155 Å². The molecule has 0 fully saturated rings. The number of carbonyl (C=O) groups is 2. The quantitative estimate of drug-likeness (QED) is 0.510. The zero-order valence-corrected chi connectivity index (χ0v) is 15.3. The van der Waals surface area contributed by atoms with Crippen molar-refractivity contribution < 1.29 is 14.3 Å². The molecule has 1 aromatic heterocycles. The van der Waals surface area contributed by atoms with Gasteiger partial charge in [-0.15, -0.1) is 11.3 Å². The molecule has 0 aliphatic carbocycles. The molecular formula is C20H18N2O3S. The molecule has 132 valence electrons. The Balaban J connectivity index is 1.76. The Hall–Kier alpha value is -2.99. The van der Waals surface area contributed by atoms with E-state index in [0.29, 0.717) is 10.6 Å². The van der Waals surface area contributed by atoms with Gasteiger partial charge in [0.1, 0.15) is 5.01 Å². The summed E-state index contributed by atoms with van der Waals surface area (Å²) in [6.07, 6.45) is 1.94. The largest absolute Gasteiger partial charge is 0.444 e. The molecule has 5 nitrogen and oxygen atoms in total. The standard InChI is InChI=1S/C20H18N2O3S/c1-22(2)20(24)19(14-8-4-3-5-9-14)25-18(23)13-12-17-21-15-10-6-7-11-16(15)26-17/h3-13,19H,1-2H3/b13-12+/t19-/m1/s1. The minimum absolute atomic E-state index is 0.294. The minimum Gasteiger partial charge on any atom is -0.444 e. The predicted molar refractivity (Wildman–Crippen MR) is 103 cm³/mol. The summed E-state index contributed by atoms with van der Waals surface area (Å²) in [6, 6.07) is 16.7. The van der Waals surface area contributed by atoms with Gasteiger partial charge in [0, 0.05) is 25.7 Å². The fraction of sp³-hybridized carbons (Fsp3) is 0.150. The number of nitrogens with zero attached hydrogens (tertiary/aromatic N) is 2. The molecule has 3 aromatic rings. The van der Waals surface area contributed by atoms with Gasteiger partial charge in [-0.2, -0.15) is 0 Å². The van der Waals surface area contributed by atoms with Crippen LogP contribution in [-0.2, 0) is 14.3 Å². The smallest absolute Gasteiger partial charge is 0.331 e. The third kappa shape index (κ3) is 4.15. The van der Waals surface area contributed by atoms with E-state index in [2.05, 4.69) is 4.98 Å². The summed E-state index contributed by atoms with van der Waals surface area (Å²) < 4.78 is 6.46. The van der Waals surface area contributed by atoms with Crippen LogP contribution in [0.15, 0.2) is 60.7 Å². The van der Waals surface area contributed by atoms with Crippen LogP contribution in [0.4, 0.5) is 0 Å². The van der Waals surface area contributed by atoms with E-state index in [0.717, 1.165) is 10.2 Å². The number of ether oxygens (including phenoxy) is 1. The molecule has 0 aliphatic rings. The maximum atomic E-state index is 12.4. The third-order valence-corrected chi connectivity index (χ3v) is 4.68. The molecule has 2 aromatic carbocycles. The van der Waals surface area contributed by atoms with Crippen molar-refractivity contribution in [2.75, 3.05) is 14.1 Å². The Bertz CT molecular complexity index is 915. The molecule has 0 saturated heterocycles.